The number of carbonyl (C=O) groups is 1. The number of carbonyl (C=O) groups excluding carboxylic acids is 1. The van der Waals surface area contributed by atoms with Crippen molar-refractivity contribution < 1.29 is 4.79 Å². The van der Waals surface area contributed by atoms with E-state index < -0.39 is 0 Å². The van der Waals surface area contributed by atoms with Crippen molar-refractivity contribution in [3.63, 3.8) is 0 Å². The minimum Gasteiger partial charge on any atom is -0.361 e. The van der Waals surface area contributed by atoms with Crippen LogP contribution in [-0.2, 0) is 17.8 Å². The lowest BCUT2D eigenvalue weighted by molar-refractivity contribution is -0.119. The SMILES string of the molecule is CCn1c(Cc2c[nH]c3ccccc23)nnc1N1CCC2(CC1)CNC(=O)C2. The first kappa shape index (κ1) is 17.3. The van der Waals surface area contributed by atoms with Gasteiger partial charge in [-0.15, -0.1) is 10.2 Å². The number of hydrogen-bond donors (Lipinski definition) is 2. The maximum absolute atomic E-state index is 11.7. The van der Waals surface area contributed by atoms with Gasteiger partial charge in [0, 0.05) is 56.1 Å². The number of hydrogen-bond acceptors (Lipinski definition) is 4. The first-order valence-electron chi connectivity index (χ1n) is 10.2. The number of nitrogens with zero attached hydrogens (tertiary/aromatic N) is 4. The molecule has 7 heteroatoms. The zero-order valence-corrected chi connectivity index (χ0v) is 16.2. The molecule has 2 aromatic heterocycles. The molecule has 1 aromatic carbocycles. The average molecular weight is 378 g/mol. The molecule has 0 bridgehead atoms. The van der Waals surface area contributed by atoms with E-state index in [0.29, 0.717) is 6.42 Å². The van der Waals surface area contributed by atoms with Crippen LogP contribution >= 0.6 is 0 Å². The van der Waals surface area contributed by atoms with E-state index in [9.17, 15) is 4.79 Å². The topological polar surface area (TPSA) is 78.8 Å². The summed E-state index contributed by atoms with van der Waals surface area (Å²) in [6, 6.07) is 8.37. The third-order valence-corrected chi connectivity index (χ3v) is 6.45. The molecule has 4 heterocycles. The molecule has 2 fully saturated rings. The van der Waals surface area contributed by atoms with Crippen LogP contribution in [0.2, 0.25) is 0 Å². The molecule has 2 aliphatic rings. The van der Waals surface area contributed by atoms with E-state index in [2.05, 4.69) is 61.3 Å². The number of H-pyrrole nitrogens is 1. The molecule has 2 aliphatic heterocycles. The third-order valence-electron chi connectivity index (χ3n) is 6.45. The Balaban J connectivity index is 1.36. The smallest absolute Gasteiger partial charge is 0.227 e. The highest BCUT2D eigenvalue weighted by Crippen LogP contribution is 2.38. The van der Waals surface area contributed by atoms with E-state index in [1.54, 1.807) is 0 Å². The predicted octanol–water partition coefficient (Wildman–Crippen LogP) is 2.48. The molecule has 146 valence electrons. The van der Waals surface area contributed by atoms with E-state index in [1.165, 1.54) is 10.9 Å². The van der Waals surface area contributed by atoms with Gasteiger partial charge in [0.2, 0.25) is 11.9 Å². The second-order valence-electron chi connectivity index (χ2n) is 8.14. The van der Waals surface area contributed by atoms with Crippen LogP contribution < -0.4 is 10.2 Å². The van der Waals surface area contributed by atoms with E-state index in [0.717, 1.165) is 62.7 Å². The standard InChI is InChI=1S/C21H26N6O/c1-2-27-18(11-15-13-22-17-6-4-3-5-16(15)17)24-25-20(27)26-9-7-21(8-10-26)12-19(28)23-14-21/h3-6,13,22H,2,7-12,14H2,1H3,(H,23,28). The van der Waals surface area contributed by atoms with Crippen LogP contribution in [0.4, 0.5) is 5.95 Å². The van der Waals surface area contributed by atoms with Crippen molar-refractivity contribution in [2.24, 2.45) is 5.41 Å². The molecule has 0 saturated carbocycles. The van der Waals surface area contributed by atoms with Gasteiger partial charge < -0.3 is 15.2 Å². The Hall–Kier alpha value is -2.83. The van der Waals surface area contributed by atoms with Crippen LogP contribution in [0.5, 0.6) is 0 Å². The molecule has 0 aliphatic carbocycles. The Bertz CT molecular complexity index is 1010. The quantitative estimate of drug-likeness (QED) is 0.731. The molecular formula is C21H26N6O. The number of rotatable bonds is 4. The number of benzene rings is 1. The van der Waals surface area contributed by atoms with Gasteiger partial charge in [-0.25, -0.2) is 0 Å². The summed E-state index contributed by atoms with van der Waals surface area (Å²) in [5.74, 6) is 2.16. The van der Waals surface area contributed by atoms with Gasteiger partial charge in [-0.05, 0) is 36.8 Å². The molecular weight excluding hydrogens is 352 g/mol. The zero-order valence-electron chi connectivity index (χ0n) is 16.2. The van der Waals surface area contributed by atoms with E-state index in [-0.39, 0.29) is 11.3 Å². The zero-order chi connectivity index (χ0) is 19.1. The molecule has 0 radical (unpaired) electrons. The Labute approximate surface area is 164 Å². The molecule has 3 aromatic rings. The molecule has 5 rings (SSSR count). The predicted molar refractivity (Wildman–Crippen MR) is 108 cm³/mol. The summed E-state index contributed by atoms with van der Waals surface area (Å²) in [6.07, 6.45) is 5.57. The van der Waals surface area contributed by atoms with Crippen molar-refractivity contribution in [1.82, 2.24) is 25.1 Å². The Morgan fingerprint density at radius 3 is 2.75 bits per heavy atom. The molecule has 7 nitrogen and oxygen atoms in total. The van der Waals surface area contributed by atoms with Gasteiger partial charge in [0.05, 0.1) is 0 Å². The number of amides is 1. The highest BCUT2D eigenvalue weighted by molar-refractivity contribution is 5.83. The van der Waals surface area contributed by atoms with Crippen molar-refractivity contribution in [2.75, 3.05) is 24.5 Å². The summed E-state index contributed by atoms with van der Waals surface area (Å²) < 4.78 is 2.23. The minimum atomic E-state index is 0.150. The molecule has 1 amide bonds. The average Bonchev–Trinajstić information content (AvgIpc) is 3.41. The fraction of sp³-hybridized carbons (Fsp3) is 0.476. The largest absolute Gasteiger partial charge is 0.361 e. The number of aromatic nitrogens is 4. The monoisotopic (exact) mass is 378 g/mol. The summed E-state index contributed by atoms with van der Waals surface area (Å²) in [5, 5.41) is 13.3. The number of piperidine rings is 1. The lowest BCUT2D eigenvalue weighted by Gasteiger charge is -2.38. The Morgan fingerprint density at radius 1 is 1.18 bits per heavy atom. The van der Waals surface area contributed by atoms with Gasteiger partial charge >= 0.3 is 0 Å². The molecule has 2 saturated heterocycles. The van der Waals surface area contributed by atoms with Crippen molar-refractivity contribution >= 4 is 22.8 Å². The van der Waals surface area contributed by atoms with E-state index in [1.807, 2.05) is 6.07 Å². The Kier molecular flexibility index (Phi) is 4.10. The van der Waals surface area contributed by atoms with Crippen molar-refractivity contribution in [2.45, 2.75) is 39.2 Å². The maximum atomic E-state index is 11.7. The number of para-hydroxylation sites is 1. The van der Waals surface area contributed by atoms with Gasteiger partial charge in [0.15, 0.2) is 0 Å². The molecule has 1 spiro atoms. The van der Waals surface area contributed by atoms with Gasteiger partial charge in [0.25, 0.3) is 0 Å². The van der Waals surface area contributed by atoms with E-state index >= 15 is 0 Å². The van der Waals surface area contributed by atoms with Crippen LogP contribution in [0.25, 0.3) is 10.9 Å². The lowest BCUT2D eigenvalue weighted by atomic mass is 9.78. The summed E-state index contributed by atoms with van der Waals surface area (Å²) in [6.45, 7) is 5.69. The summed E-state index contributed by atoms with van der Waals surface area (Å²) in [7, 11) is 0. The molecule has 28 heavy (non-hydrogen) atoms. The highest BCUT2D eigenvalue weighted by atomic mass is 16.1. The van der Waals surface area contributed by atoms with Crippen molar-refractivity contribution in [3.8, 4) is 0 Å². The van der Waals surface area contributed by atoms with Crippen LogP contribution in [0.15, 0.2) is 30.5 Å². The fourth-order valence-electron chi connectivity index (χ4n) is 4.75. The first-order valence-corrected chi connectivity index (χ1v) is 10.2. The molecule has 0 unspecified atom stereocenters. The molecule has 2 N–H and O–H groups in total. The maximum Gasteiger partial charge on any atom is 0.227 e. The van der Waals surface area contributed by atoms with Gasteiger partial charge in [0.1, 0.15) is 5.82 Å². The van der Waals surface area contributed by atoms with Gasteiger partial charge in [-0.3, -0.25) is 9.36 Å². The molecule has 0 atom stereocenters. The minimum absolute atomic E-state index is 0.150. The van der Waals surface area contributed by atoms with Crippen molar-refractivity contribution in [3.05, 3.63) is 41.9 Å². The van der Waals surface area contributed by atoms with Gasteiger partial charge in [-0.1, -0.05) is 18.2 Å². The number of nitrogens with one attached hydrogen (secondary N) is 2. The van der Waals surface area contributed by atoms with Crippen LogP contribution in [-0.4, -0.2) is 45.3 Å². The van der Waals surface area contributed by atoms with Crippen LogP contribution in [0.1, 0.15) is 37.6 Å². The van der Waals surface area contributed by atoms with E-state index in [4.69, 9.17) is 0 Å². The normalized spacial score (nSPS) is 18.9. The number of anilines is 1. The fourth-order valence-corrected chi connectivity index (χ4v) is 4.75. The van der Waals surface area contributed by atoms with Crippen molar-refractivity contribution in [1.29, 1.82) is 0 Å². The van der Waals surface area contributed by atoms with Crippen LogP contribution in [0.3, 0.4) is 0 Å². The Morgan fingerprint density at radius 2 is 2.00 bits per heavy atom. The summed E-state index contributed by atoms with van der Waals surface area (Å²) in [5.41, 5.74) is 2.55. The second kappa shape index (κ2) is 6.65. The first-order chi connectivity index (χ1) is 13.7. The second-order valence-corrected chi connectivity index (χ2v) is 8.14. The highest BCUT2D eigenvalue weighted by Gasteiger charge is 2.41. The summed E-state index contributed by atoms with van der Waals surface area (Å²) >= 11 is 0. The number of fused-ring (bicyclic) bond motifs is 1. The van der Waals surface area contributed by atoms with Crippen LogP contribution in [0, 0.1) is 5.41 Å². The lowest BCUT2D eigenvalue weighted by Crippen LogP contribution is -2.42. The summed E-state index contributed by atoms with van der Waals surface area (Å²) in [4.78, 5) is 17.3. The number of aromatic amines is 1. The third kappa shape index (κ3) is 2.85. The van der Waals surface area contributed by atoms with Gasteiger partial charge in [-0.2, -0.15) is 0 Å².